The van der Waals surface area contributed by atoms with E-state index in [1.54, 1.807) is 0 Å². The summed E-state index contributed by atoms with van der Waals surface area (Å²) in [5, 5.41) is 18.3. The predicted octanol–water partition coefficient (Wildman–Crippen LogP) is 0.634. The number of carbonyl (C=O) groups is 1. The lowest BCUT2D eigenvalue weighted by molar-refractivity contribution is -0.122. The molecule has 3 aromatic heterocycles. The summed E-state index contributed by atoms with van der Waals surface area (Å²) in [6.45, 7) is 5.55. The number of carbonyl (C=O) groups excluding carboxylic acids is 1. The van der Waals surface area contributed by atoms with Crippen molar-refractivity contribution >= 4 is 22.9 Å². The molecule has 0 aliphatic carbocycles. The van der Waals surface area contributed by atoms with Crippen molar-refractivity contribution in [1.82, 2.24) is 45.3 Å². The number of anilines is 1. The number of H-pyrrole nitrogens is 1. The van der Waals surface area contributed by atoms with Crippen molar-refractivity contribution in [1.29, 1.82) is 0 Å². The van der Waals surface area contributed by atoms with Gasteiger partial charge in [0, 0.05) is 45.3 Å². The van der Waals surface area contributed by atoms with Crippen LogP contribution in [0.25, 0.3) is 11.2 Å². The van der Waals surface area contributed by atoms with Crippen LogP contribution >= 0.6 is 0 Å². The Bertz CT molecular complexity index is 1290. The number of nitrogen functional groups attached to an aromatic ring is 1. The Morgan fingerprint density at radius 2 is 1.86 bits per heavy atom. The number of likely N-dealkylation sites (N-methyl/N-ethyl adjacent to an activating group) is 1. The molecule has 0 bridgehead atoms. The Morgan fingerprint density at radius 1 is 1.09 bits per heavy atom. The summed E-state index contributed by atoms with van der Waals surface area (Å²) in [4.78, 5) is 21.0. The zero-order valence-electron chi connectivity index (χ0n) is 19.8. The van der Waals surface area contributed by atoms with Crippen LogP contribution < -0.4 is 11.1 Å². The van der Waals surface area contributed by atoms with E-state index >= 15 is 0 Å². The summed E-state index contributed by atoms with van der Waals surface area (Å²) >= 11 is 0. The zero-order valence-corrected chi connectivity index (χ0v) is 19.8. The van der Waals surface area contributed by atoms with Crippen LogP contribution in [-0.2, 0) is 24.3 Å². The van der Waals surface area contributed by atoms with Gasteiger partial charge >= 0.3 is 0 Å². The van der Waals surface area contributed by atoms with Crippen LogP contribution in [0.5, 0.6) is 0 Å². The normalized spacial score (nSPS) is 15.0. The van der Waals surface area contributed by atoms with Crippen molar-refractivity contribution in [2.24, 2.45) is 0 Å². The maximum atomic E-state index is 12.3. The quantitative estimate of drug-likeness (QED) is 0.339. The fraction of sp³-hybridized carbons (Fsp3) is 0.375. The molecule has 0 unspecified atom stereocenters. The van der Waals surface area contributed by atoms with Crippen LogP contribution in [0.4, 0.5) is 5.82 Å². The SMILES string of the molecule is CN1CCN(CC(=O)NCc2ccc(Cn3cc(Cc4cc(N)nc5n[nH]nc45)cn3)cc2)CC1. The topological polar surface area (TPSA) is 134 Å². The van der Waals surface area contributed by atoms with Crippen molar-refractivity contribution < 1.29 is 4.79 Å². The van der Waals surface area contributed by atoms with Crippen molar-refractivity contribution in [2.75, 3.05) is 45.5 Å². The van der Waals surface area contributed by atoms with Gasteiger partial charge in [-0.05, 0) is 35.4 Å². The molecule has 0 spiro atoms. The molecule has 1 aliphatic heterocycles. The minimum Gasteiger partial charge on any atom is -0.384 e. The molecule has 11 heteroatoms. The average Bonchev–Trinajstić information content (AvgIpc) is 3.49. The van der Waals surface area contributed by atoms with Gasteiger partial charge in [0.1, 0.15) is 11.3 Å². The molecule has 1 aromatic carbocycles. The maximum absolute atomic E-state index is 12.3. The van der Waals surface area contributed by atoms with Gasteiger partial charge in [-0.3, -0.25) is 14.4 Å². The molecule has 182 valence electrons. The number of pyridine rings is 1. The Kier molecular flexibility index (Phi) is 6.68. The number of aromatic nitrogens is 6. The standard InChI is InChI=1S/C24H30N10O/c1-32-6-8-33(9-7-32)16-22(35)26-12-17-2-4-18(5-3-17)14-34-15-19(13-27-34)10-20-11-21(25)28-24-23(20)29-31-30-24/h2-5,11,13,15H,6-10,12,14,16H2,1H3,(H,26,35)(H3,25,28,29,30,31). The summed E-state index contributed by atoms with van der Waals surface area (Å²) in [5.41, 5.74) is 11.4. The first-order valence-corrected chi connectivity index (χ1v) is 11.7. The van der Waals surface area contributed by atoms with Crippen LogP contribution in [-0.4, -0.2) is 85.7 Å². The van der Waals surface area contributed by atoms with Crippen molar-refractivity contribution in [3.63, 3.8) is 0 Å². The van der Waals surface area contributed by atoms with Crippen molar-refractivity contribution in [2.45, 2.75) is 19.5 Å². The number of nitrogens with two attached hydrogens (primary N) is 1. The molecule has 1 aliphatic rings. The summed E-state index contributed by atoms with van der Waals surface area (Å²) in [6, 6.07) is 10.1. The molecule has 0 radical (unpaired) electrons. The minimum atomic E-state index is 0.0709. The highest BCUT2D eigenvalue weighted by molar-refractivity contribution is 5.78. The van der Waals surface area contributed by atoms with Gasteiger partial charge in [-0.2, -0.15) is 15.4 Å². The highest BCUT2D eigenvalue weighted by Crippen LogP contribution is 2.19. The summed E-state index contributed by atoms with van der Waals surface area (Å²) in [6.07, 6.45) is 4.52. The van der Waals surface area contributed by atoms with E-state index in [2.05, 4.69) is 71.9 Å². The van der Waals surface area contributed by atoms with Gasteiger partial charge in [-0.1, -0.05) is 24.3 Å². The second-order valence-electron chi connectivity index (χ2n) is 9.10. The zero-order chi connectivity index (χ0) is 24.2. The van der Waals surface area contributed by atoms with E-state index in [4.69, 9.17) is 5.73 Å². The first-order chi connectivity index (χ1) is 17.0. The molecule has 5 rings (SSSR count). The molecule has 1 fully saturated rings. The van der Waals surface area contributed by atoms with Crippen LogP contribution in [0, 0.1) is 0 Å². The molecule has 4 aromatic rings. The number of nitrogens with zero attached hydrogens (tertiary/aromatic N) is 7. The van der Waals surface area contributed by atoms with Crippen LogP contribution in [0.15, 0.2) is 42.7 Å². The molecule has 1 saturated heterocycles. The summed E-state index contributed by atoms with van der Waals surface area (Å²) < 4.78 is 1.91. The van der Waals surface area contributed by atoms with Gasteiger partial charge in [-0.25, -0.2) is 4.98 Å². The van der Waals surface area contributed by atoms with E-state index in [1.807, 2.05) is 23.1 Å². The van der Waals surface area contributed by atoms with Gasteiger partial charge in [-0.15, -0.1) is 5.10 Å². The predicted molar refractivity (Wildman–Crippen MR) is 132 cm³/mol. The van der Waals surface area contributed by atoms with E-state index < -0.39 is 0 Å². The smallest absolute Gasteiger partial charge is 0.234 e. The van der Waals surface area contributed by atoms with Crippen LogP contribution in [0.3, 0.4) is 0 Å². The van der Waals surface area contributed by atoms with Gasteiger partial charge in [0.2, 0.25) is 11.6 Å². The Balaban J connectivity index is 1.12. The van der Waals surface area contributed by atoms with Crippen molar-refractivity contribution in [3.05, 3.63) is 65.0 Å². The highest BCUT2D eigenvalue weighted by atomic mass is 16.2. The molecular formula is C24H30N10O. The highest BCUT2D eigenvalue weighted by Gasteiger charge is 2.16. The fourth-order valence-electron chi connectivity index (χ4n) is 4.27. The lowest BCUT2D eigenvalue weighted by Crippen LogP contribution is -2.48. The molecule has 35 heavy (non-hydrogen) atoms. The lowest BCUT2D eigenvalue weighted by atomic mass is 10.1. The van der Waals surface area contributed by atoms with E-state index in [9.17, 15) is 4.79 Å². The number of piperazine rings is 1. The largest absolute Gasteiger partial charge is 0.384 e. The molecule has 0 saturated carbocycles. The molecule has 4 heterocycles. The Morgan fingerprint density at radius 3 is 2.66 bits per heavy atom. The van der Waals surface area contributed by atoms with Gasteiger partial charge < -0.3 is 16.0 Å². The van der Waals surface area contributed by atoms with Crippen LogP contribution in [0.2, 0.25) is 0 Å². The number of nitrogens with one attached hydrogen (secondary N) is 2. The molecule has 0 atom stereocenters. The molecule has 11 nitrogen and oxygen atoms in total. The first-order valence-electron chi connectivity index (χ1n) is 11.7. The number of fused-ring (bicyclic) bond motifs is 1. The Hall–Kier alpha value is -3.83. The number of amides is 1. The lowest BCUT2D eigenvalue weighted by Gasteiger charge is -2.31. The second-order valence-corrected chi connectivity index (χ2v) is 9.10. The number of hydrogen-bond acceptors (Lipinski definition) is 8. The van der Waals surface area contributed by atoms with Crippen molar-refractivity contribution in [3.8, 4) is 0 Å². The third-order valence-corrected chi connectivity index (χ3v) is 6.29. The van der Waals surface area contributed by atoms with E-state index in [-0.39, 0.29) is 5.91 Å². The Labute approximate surface area is 203 Å². The minimum absolute atomic E-state index is 0.0709. The van der Waals surface area contributed by atoms with Gasteiger partial charge in [0.15, 0.2) is 0 Å². The van der Waals surface area contributed by atoms with Crippen LogP contribution in [0.1, 0.15) is 22.3 Å². The van der Waals surface area contributed by atoms with E-state index in [0.717, 1.165) is 53.9 Å². The third kappa shape index (κ3) is 5.81. The first kappa shape index (κ1) is 22.9. The third-order valence-electron chi connectivity index (χ3n) is 6.29. The number of rotatable bonds is 8. The number of hydrogen-bond donors (Lipinski definition) is 3. The monoisotopic (exact) mass is 474 g/mol. The molecule has 1 amide bonds. The molecule has 4 N–H and O–H groups in total. The second kappa shape index (κ2) is 10.2. The number of aromatic amines is 1. The van der Waals surface area contributed by atoms with E-state index in [0.29, 0.717) is 37.5 Å². The summed E-state index contributed by atoms with van der Waals surface area (Å²) in [7, 11) is 2.11. The number of benzene rings is 1. The maximum Gasteiger partial charge on any atom is 0.234 e. The van der Waals surface area contributed by atoms with Gasteiger partial charge in [0.25, 0.3) is 0 Å². The average molecular weight is 475 g/mol. The summed E-state index contributed by atoms with van der Waals surface area (Å²) in [5.74, 6) is 0.492. The van der Waals surface area contributed by atoms with Gasteiger partial charge in [0.05, 0.1) is 19.3 Å². The van der Waals surface area contributed by atoms with E-state index in [1.165, 1.54) is 0 Å². The fourth-order valence-corrected chi connectivity index (χ4v) is 4.27. The molecular weight excluding hydrogens is 444 g/mol.